The number of aliphatic carboxylic acids is 1. The molecule has 20 heteroatoms. The maximum atomic E-state index is 13.4. The molecule has 5 rings (SSSR count). The van der Waals surface area contributed by atoms with Gasteiger partial charge in [-0.2, -0.15) is 0 Å². The number of carbonyl (C=O) groups is 5. The van der Waals surface area contributed by atoms with Crippen molar-refractivity contribution < 1.29 is 33.9 Å². The first-order chi connectivity index (χ1) is 21.6. The van der Waals surface area contributed by atoms with Gasteiger partial charge in [-0.3, -0.25) is 24.1 Å². The molecule has 1 aromatic carbocycles. The minimum Gasteiger partial charge on any atom is -0.477 e. The second-order valence-corrected chi connectivity index (χ2v) is 13.9. The number of rotatable bonds is 13. The van der Waals surface area contributed by atoms with Gasteiger partial charge in [-0.05, 0) is 30.7 Å². The number of carboxylic acid groups (broad SMARTS) is 1. The Balaban J connectivity index is 1.28. The Bertz CT molecular complexity index is 1730. The molecular weight excluding hydrogens is 688 g/mol. The molecule has 2 aromatic heterocycles. The minimum absolute atomic E-state index is 0.00868. The second-order valence-electron chi connectivity index (χ2n) is 9.07. The molecule has 15 nitrogen and oxygen atoms in total. The molecule has 4 amide bonds. The molecule has 2 aliphatic heterocycles. The number of hydrogen-bond donors (Lipinski definition) is 4. The summed E-state index contributed by atoms with van der Waals surface area (Å²) in [6.45, 7) is 1.24. The highest BCUT2D eigenvalue weighted by molar-refractivity contribution is 8.01. The van der Waals surface area contributed by atoms with Crippen LogP contribution >= 0.6 is 57.8 Å². The quantitative estimate of drug-likeness (QED) is 0.0664. The number of anilines is 2. The van der Waals surface area contributed by atoms with Gasteiger partial charge in [0.1, 0.15) is 27.8 Å². The number of thioether (sulfide) groups is 2. The fraction of sp³-hybridized carbons (Fsp3) is 0.240. The van der Waals surface area contributed by atoms with E-state index in [1.165, 1.54) is 46.3 Å². The van der Waals surface area contributed by atoms with Crippen LogP contribution in [-0.2, 0) is 28.8 Å². The standard InChI is InChI=1S/C25H21ClN8O7S4/c1-11-31-32-25(45-11)44-8-12-7-42-22-18(21(38)34(22)19(12)23(39)40)30-20(37)17(15-9-43-24(29-15)27-10-35)33-41-6-16(36)28-14-4-2-3-13(26)5-14/h2-5,9-10,18,22H,6-8H2,1H3,(H,28,36)(H,30,37)(H,39,40)(H,27,29,35)/t18?,22-/m1/s1. The monoisotopic (exact) mass is 708 g/mol. The normalized spacial score (nSPS) is 17.7. The zero-order chi connectivity index (χ0) is 32.1. The van der Waals surface area contributed by atoms with E-state index < -0.39 is 41.7 Å². The Morgan fingerprint density at radius 3 is 2.84 bits per heavy atom. The van der Waals surface area contributed by atoms with Gasteiger partial charge in [-0.1, -0.05) is 45.9 Å². The Kier molecular flexibility index (Phi) is 10.3. The summed E-state index contributed by atoms with van der Waals surface area (Å²) in [7, 11) is 0. The molecule has 2 atom stereocenters. The Morgan fingerprint density at radius 2 is 2.13 bits per heavy atom. The van der Waals surface area contributed by atoms with E-state index >= 15 is 0 Å². The van der Waals surface area contributed by atoms with E-state index in [1.54, 1.807) is 18.2 Å². The highest BCUT2D eigenvalue weighted by Crippen LogP contribution is 2.41. The van der Waals surface area contributed by atoms with E-state index in [0.717, 1.165) is 21.2 Å². The molecule has 0 aliphatic carbocycles. The highest BCUT2D eigenvalue weighted by Gasteiger charge is 2.54. The summed E-state index contributed by atoms with van der Waals surface area (Å²) >= 11 is 11.0. The van der Waals surface area contributed by atoms with E-state index in [0.29, 0.717) is 38.5 Å². The van der Waals surface area contributed by atoms with Gasteiger partial charge in [0.25, 0.3) is 17.7 Å². The van der Waals surface area contributed by atoms with Crippen molar-refractivity contribution in [1.29, 1.82) is 0 Å². The van der Waals surface area contributed by atoms with Crippen LogP contribution in [0.3, 0.4) is 0 Å². The van der Waals surface area contributed by atoms with Crippen molar-refractivity contribution in [3.8, 4) is 0 Å². The molecule has 0 radical (unpaired) electrons. The maximum absolute atomic E-state index is 13.4. The van der Waals surface area contributed by atoms with Crippen LogP contribution in [0.5, 0.6) is 0 Å². The van der Waals surface area contributed by atoms with E-state index in [4.69, 9.17) is 16.4 Å². The number of carboxylic acids is 1. The van der Waals surface area contributed by atoms with Gasteiger partial charge in [-0.15, -0.1) is 33.3 Å². The number of nitrogens with one attached hydrogen (secondary N) is 3. The molecule has 0 spiro atoms. The van der Waals surface area contributed by atoms with Gasteiger partial charge in [0, 0.05) is 27.6 Å². The van der Waals surface area contributed by atoms with Gasteiger partial charge < -0.3 is 25.9 Å². The molecule has 45 heavy (non-hydrogen) atoms. The van der Waals surface area contributed by atoms with Crippen molar-refractivity contribution in [3.63, 3.8) is 0 Å². The van der Waals surface area contributed by atoms with Crippen LogP contribution in [0.25, 0.3) is 0 Å². The second kappa shape index (κ2) is 14.4. The van der Waals surface area contributed by atoms with Crippen molar-refractivity contribution in [3.05, 3.63) is 56.6 Å². The van der Waals surface area contributed by atoms with Crippen LogP contribution in [0.2, 0.25) is 5.02 Å². The lowest BCUT2D eigenvalue weighted by Crippen LogP contribution is -2.71. The number of β-lactam (4-membered cyclic amide) rings is 1. The Morgan fingerprint density at radius 1 is 1.31 bits per heavy atom. The van der Waals surface area contributed by atoms with Crippen molar-refractivity contribution >= 4 is 104 Å². The van der Waals surface area contributed by atoms with E-state index in [1.807, 2.05) is 6.92 Å². The molecule has 4 N–H and O–H groups in total. The van der Waals surface area contributed by atoms with Crippen LogP contribution in [0.15, 0.2) is 50.4 Å². The number of oxime groups is 1. The third-order valence-corrected chi connectivity index (χ3v) is 10.4. The van der Waals surface area contributed by atoms with E-state index in [9.17, 15) is 29.1 Å². The lowest BCUT2D eigenvalue weighted by Gasteiger charge is -2.49. The molecular formula is C25H21ClN8O7S4. The molecule has 1 fully saturated rings. The summed E-state index contributed by atoms with van der Waals surface area (Å²) in [6.07, 6.45) is 0.410. The first-order valence-electron chi connectivity index (χ1n) is 12.7. The van der Waals surface area contributed by atoms with E-state index in [2.05, 4.69) is 36.3 Å². The SMILES string of the molecule is Cc1nnc(SCC2=C(C(=O)O)N3C(=O)C(NC(=O)C(=NOCC(=O)Nc4cccc(Cl)c4)c4csc(NC=O)n4)[C@H]3SC2)s1. The molecule has 1 unspecified atom stereocenters. The maximum Gasteiger partial charge on any atom is 0.352 e. The Hall–Kier alpha value is -4.04. The molecule has 1 saturated heterocycles. The molecule has 4 heterocycles. The van der Waals surface area contributed by atoms with Gasteiger partial charge in [0.15, 0.2) is 21.8 Å². The average molecular weight is 709 g/mol. The van der Waals surface area contributed by atoms with Gasteiger partial charge in [0.05, 0.1) is 0 Å². The number of hydrogen-bond acceptors (Lipinski definition) is 14. The number of amides is 4. The minimum atomic E-state index is -1.26. The molecule has 0 saturated carbocycles. The summed E-state index contributed by atoms with van der Waals surface area (Å²) in [4.78, 5) is 72.4. The summed E-state index contributed by atoms with van der Waals surface area (Å²) in [5, 5.41) is 31.4. The Labute approximate surface area is 275 Å². The van der Waals surface area contributed by atoms with Gasteiger partial charge in [0.2, 0.25) is 6.41 Å². The number of nitrogens with zero attached hydrogens (tertiary/aromatic N) is 5. The predicted octanol–water partition coefficient (Wildman–Crippen LogP) is 2.42. The van der Waals surface area contributed by atoms with Gasteiger partial charge >= 0.3 is 5.97 Å². The smallest absolute Gasteiger partial charge is 0.352 e. The first-order valence-corrected chi connectivity index (χ1v) is 16.8. The van der Waals surface area contributed by atoms with Crippen LogP contribution in [0.4, 0.5) is 10.8 Å². The summed E-state index contributed by atoms with van der Waals surface area (Å²) in [5.74, 6) is -2.71. The van der Waals surface area contributed by atoms with Crippen LogP contribution < -0.4 is 16.0 Å². The van der Waals surface area contributed by atoms with Gasteiger partial charge in [-0.25, -0.2) is 9.78 Å². The fourth-order valence-corrected chi connectivity index (χ4v) is 8.26. The van der Waals surface area contributed by atoms with Crippen molar-refractivity contribution in [1.82, 2.24) is 25.4 Å². The average Bonchev–Trinajstić information content (AvgIpc) is 3.65. The molecule has 234 valence electrons. The third-order valence-electron chi connectivity index (χ3n) is 6.02. The number of thiazole rings is 1. The zero-order valence-electron chi connectivity index (χ0n) is 22.9. The summed E-state index contributed by atoms with van der Waals surface area (Å²) in [5.41, 5.74) is 0.478. The molecule has 2 aliphatic rings. The molecule has 0 bridgehead atoms. The van der Waals surface area contributed by atoms with Crippen LogP contribution in [0, 0.1) is 6.92 Å². The number of aryl methyl sites for hydroxylation is 1. The molecule has 3 aromatic rings. The van der Waals surface area contributed by atoms with E-state index in [-0.39, 0.29) is 22.2 Å². The first kappa shape index (κ1) is 32.4. The number of halogens is 1. The number of aromatic nitrogens is 3. The topological polar surface area (TPSA) is 205 Å². The number of fused-ring (bicyclic) bond motifs is 1. The summed E-state index contributed by atoms with van der Waals surface area (Å²) in [6, 6.07) is 5.38. The van der Waals surface area contributed by atoms with Crippen LogP contribution in [-0.4, -0.2) is 90.5 Å². The third kappa shape index (κ3) is 7.61. The summed E-state index contributed by atoms with van der Waals surface area (Å²) < 4.78 is 0.682. The lowest BCUT2D eigenvalue weighted by molar-refractivity contribution is -0.150. The van der Waals surface area contributed by atoms with Crippen molar-refractivity contribution in [2.24, 2.45) is 5.16 Å². The van der Waals surface area contributed by atoms with Crippen molar-refractivity contribution in [2.75, 3.05) is 28.7 Å². The van der Waals surface area contributed by atoms with Crippen LogP contribution in [0.1, 0.15) is 10.7 Å². The lowest BCUT2D eigenvalue weighted by atomic mass is 10.0. The number of benzene rings is 1. The number of carbonyl (C=O) groups excluding carboxylic acids is 4. The predicted molar refractivity (Wildman–Crippen MR) is 169 cm³/mol. The fourth-order valence-electron chi connectivity index (χ4n) is 4.11. The van der Waals surface area contributed by atoms with Crippen molar-refractivity contribution in [2.45, 2.75) is 22.7 Å². The largest absolute Gasteiger partial charge is 0.477 e. The zero-order valence-corrected chi connectivity index (χ0v) is 26.9. The highest BCUT2D eigenvalue weighted by atomic mass is 35.5.